The number of nitrogens with zero attached hydrogens (tertiary/aromatic N) is 3. The van der Waals surface area contributed by atoms with Gasteiger partial charge in [-0.05, 0) is 74.1 Å². The van der Waals surface area contributed by atoms with E-state index in [1.165, 1.54) is 17.9 Å². The molecular formula is C30H35FN4O5. The van der Waals surface area contributed by atoms with Gasteiger partial charge in [-0.3, -0.25) is 9.59 Å². The summed E-state index contributed by atoms with van der Waals surface area (Å²) < 4.78 is 26.2. The summed E-state index contributed by atoms with van der Waals surface area (Å²) in [6, 6.07) is 11.6. The number of benzene rings is 2. The molecule has 0 bridgehead atoms. The molecule has 212 valence electrons. The zero-order valence-electron chi connectivity index (χ0n) is 23.3. The van der Waals surface area contributed by atoms with Crippen LogP contribution in [0.25, 0.3) is 11.1 Å². The van der Waals surface area contributed by atoms with Crippen LogP contribution < -0.4 is 10.2 Å². The van der Waals surface area contributed by atoms with Crippen molar-refractivity contribution in [2.45, 2.75) is 64.7 Å². The summed E-state index contributed by atoms with van der Waals surface area (Å²) >= 11 is 0. The van der Waals surface area contributed by atoms with E-state index in [1.807, 2.05) is 24.3 Å². The van der Waals surface area contributed by atoms with E-state index in [4.69, 9.17) is 9.47 Å². The van der Waals surface area contributed by atoms with Crippen molar-refractivity contribution < 1.29 is 28.2 Å². The van der Waals surface area contributed by atoms with Gasteiger partial charge in [0.05, 0.1) is 12.6 Å². The highest BCUT2D eigenvalue weighted by molar-refractivity contribution is 5.94. The largest absolute Gasteiger partial charge is 0.444 e. The first kappa shape index (κ1) is 29.0. The van der Waals surface area contributed by atoms with Crippen molar-refractivity contribution in [1.29, 1.82) is 5.26 Å². The lowest BCUT2D eigenvalue weighted by Crippen LogP contribution is -2.48. The predicted molar refractivity (Wildman–Crippen MR) is 147 cm³/mol. The number of rotatable bonds is 5. The molecule has 1 N–H and O–H groups in total. The molecule has 0 radical (unpaired) electrons. The van der Waals surface area contributed by atoms with E-state index in [1.54, 1.807) is 37.8 Å². The average Bonchev–Trinajstić information content (AvgIpc) is 3.16. The molecule has 2 aromatic carbocycles. The molecule has 4 rings (SSSR count). The zero-order valence-corrected chi connectivity index (χ0v) is 23.3. The number of amides is 3. The SMILES string of the molecule is CC(=O)N1CCc2cc(-c3ccc(C[C@@H](C#N)NC(=O)[C@@H]4CN(C(=O)OC(C)(C)C)CCCO4)c(F)c3)ccc21. The number of carbonyl (C=O) groups is 3. The van der Waals surface area contributed by atoms with Crippen LogP contribution in [0.3, 0.4) is 0 Å². The highest BCUT2D eigenvalue weighted by Crippen LogP contribution is 2.33. The van der Waals surface area contributed by atoms with Gasteiger partial charge in [-0.15, -0.1) is 0 Å². The van der Waals surface area contributed by atoms with Crippen molar-refractivity contribution in [3.05, 3.63) is 53.3 Å². The molecule has 40 heavy (non-hydrogen) atoms. The number of anilines is 1. The lowest BCUT2D eigenvalue weighted by atomic mass is 9.98. The first-order valence-electron chi connectivity index (χ1n) is 13.4. The second-order valence-electron chi connectivity index (χ2n) is 11.1. The Labute approximate surface area is 233 Å². The minimum atomic E-state index is -0.993. The van der Waals surface area contributed by atoms with E-state index in [0.717, 1.165) is 23.2 Å². The Hall–Kier alpha value is -3.97. The van der Waals surface area contributed by atoms with Crippen molar-refractivity contribution in [3.63, 3.8) is 0 Å². The van der Waals surface area contributed by atoms with E-state index in [-0.39, 0.29) is 31.0 Å². The molecule has 3 amide bonds. The third-order valence-corrected chi connectivity index (χ3v) is 6.86. The van der Waals surface area contributed by atoms with Gasteiger partial charge in [0, 0.05) is 38.7 Å². The molecule has 0 aliphatic carbocycles. The average molecular weight is 551 g/mol. The van der Waals surface area contributed by atoms with Crippen LogP contribution in [0.4, 0.5) is 14.9 Å². The third kappa shape index (κ3) is 6.96. The number of nitriles is 1. The molecule has 1 fully saturated rings. The summed E-state index contributed by atoms with van der Waals surface area (Å²) in [5.74, 6) is -1.04. The molecule has 9 nitrogen and oxygen atoms in total. The van der Waals surface area contributed by atoms with Crippen molar-refractivity contribution in [2.24, 2.45) is 0 Å². The summed E-state index contributed by atoms with van der Waals surface area (Å²) in [4.78, 5) is 40.5. The number of nitrogens with one attached hydrogen (secondary N) is 1. The molecule has 2 aliphatic heterocycles. The van der Waals surface area contributed by atoms with Crippen LogP contribution in [-0.2, 0) is 31.9 Å². The van der Waals surface area contributed by atoms with Gasteiger partial charge < -0.3 is 24.6 Å². The van der Waals surface area contributed by atoms with Crippen LogP contribution in [0, 0.1) is 17.1 Å². The summed E-state index contributed by atoms with van der Waals surface area (Å²) in [5.41, 5.74) is 3.04. The van der Waals surface area contributed by atoms with Gasteiger partial charge in [0.1, 0.15) is 17.5 Å². The quantitative estimate of drug-likeness (QED) is 0.603. The Balaban J connectivity index is 1.40. The van der Waals surface area contributed by atoms with Crippen LogP contribution in [0.15, 0.2) is 36.4 Å². The van der Waals surface area contributed by atoms with Crippen LogP contribution in [0.1, 0.15) is 45.2 Å². The van der Waals surface area contributed by atoms with E-state index in [2.05, 4.69) is 5.32 Å². The fourth-order valence-corrected chi connectivity index (χ4v) is 4.89. The predicted octanol–water partition coefficient (Wildman–Crippen LogP) is 3.98. The number of hydrogen-bond donors (Lipinski definition) is 1. The Morgan fingerprint density at radius 3 is 2.58 bits per heavy atom. The maximum atomic E-state index is 15.1. The van der Waals surface area contributed by atoms with Crippen molar-refractivity contribution in [3.8, 4) is 17.2 Å². The van der Waals surface area contributed by atoms with Crippen molar-refractivity contribution >= 4 is 23.6 Å². The normalized spacial score (nSPS) is 17.9. The first-order chi connectivity index (χ1) is 18.9. The van der Waals surface area contributed by atoms with Gasteiger partial charge in [-0.2, -0.15) is 5.26 Å². The maximum Gasteiger partial charge on any atom is 0.410 e. The van der Waals surface area contributed by atoms with Crippen LogP contribution in [-0.4, -0.2) is 66.8 Å². The molecule has 2 heterocycles. The summed E-state index contributed by atoms with van der Waals surface area (Å²) in [7, 11) is 0. The molecule has 0 aromatic heterocycles. The van der Waals surface area contributed by atoms with Crippen LogP contribution in [0.2, 0.25) is 0 Å². The second kappa shape index (κ2) is 12.0. The molecule has 2 aliphatic rings. The van der Waals surface area contributed by atoms with Gasteiger partial charge in [0.2, 0.25) is 5.91 Å². The Kier molecular flexibility index (Phi) is 8.74. The van der Waals surface area contributed by atoms with Gasteiger partial charge in [-0.25, -0.2) is 9.18 Å². The monoisotopic (exact) mass is 550 g/mol. The van der Waals surface area contributed by atoms with Crippen molar-refractivity contribution in [1.82, 2.24) is 10.2 Å². The Morgan fingerprint density at radius 2 is 1.90 bits per heavy atom. The number of fused-ring (bicyclic) bond motifs is 1. The lowest BCUT2D eigenvalue weighted by Gasteiger charge is -2.27. The molecular weight excluding hydrogens is 515 g/mol. The van der Waals surface area contributed by atoms with Gasteiger partial charge in [0.25, 0.3) is 5.91 Å². The molecule has 2 aromatic rings. The molecule has 0 spiro atoms. The zero-order chi connectivity index (χ0) is 29.0. The van der Waals surface area contributed by atoms with Crippen LogP contribution >= 0.6 is 0 Å². The van der Waals surface area contributed by atoms with Crippen LogP contribution in [0.5, 0.6) is 0 Å². The van der Waals surface area contributed by atoms with Crippen molar-refractivity contribution in [2.75, 3.05) is 31.1 Å². The molecule has 2 atom stereocenters. The van der Waals surface area contributed by atoms with E-state index >= 15 is 4.39 Å². The smallest absolute Gasteiger partial charge is 0.410 e. The number of hydrogen-bond acceptors (Lipinski definition) is 6. The Morgan fingerprint density at radius 1 is 1.18 bits per heavy atom. The summed E-state index contributed by atoms with van der Waals surface area (Å²) in [6.45, 7) is 8.12. The van der Waals surface area contributed by atoms with Gasteiger partial charge in [-0.1, -0.05) is 18.2 Å². The first-order valence-corrected chi connectivity index (χ1v) is 13.4. The topological polar surface area (TPSA) is 112 Å². The fraction of sp³-hybridized carbons (Fsp3) is 0.467. The number of halogens is 1. The minimum absolute atomic E-state index is 0.00704. The molecule has 0 saturated carbocycles. The lowest BCUT2D eigenvalue weighted by molar-refractivity contribution is -0.133. The summed E-state index contributed by atoms with van der Waals surface area (Å²) in [5, 5.41) is 12.3. The minimum Gasteiger partial charge on any atom is -0.444 e. The molecule has 0 unspecified atom stereocenters. The highest BCUT2D eigenvalue weighted by Gasteiger charge is 2.31. The third-order valence-electron chi connectivity index (χ3n) is 6.86. The van der Waals surface area contributed by atoms with Gasteiger partial charge in [0.15, 0.2) is 6.10 Å². The number of carbonyl (C=O) groups excluding carboxylic acids is 3. The highest BCUT2D eigenvalue weighted by atomic mass is 19.1. The van der Waals surface area contributed by atoms with E-state index in [9.17, 15) is 19.6 Å². The number of ether oxygens (including phenoxy) is 2. The summed E-state index contributed by atoms with van der Waals surface area (Å²) in [6.07, 6.45) is -0.255. The molecule has 1 saturated heterocycles. The maximum absolute atomic E-state index is 15.1. The fourth-order valence-electron chi connectivity index (χ4n) is 4.89. The molecule has 10 heteroatoms. The van der Waals surface area contributed by atoms with E-state index < -0.39 is 35.6 Å². The Bertz CT molecular complexity index is 1330. The van der Waals surface area contributed by atoms with E-state index in [0.29, 0.717) is 25.1 Å². The standard InChI is InChI=1S/C30H35FN4O5/c1-19(36)35-12-10-23-14-20(8-9-26(23)35)21-6-7-22(25(31)16-21)15-24(17-32)33-28(37)27-18-34(11-5-13-39-27)29(38)40-30(2,3)4/h6-9,14,16,24,27H,5,10-13,15,18H2,1-4H3,(H,33,37)/t24-,27-/m0/s1. The van der Waals surface area contributed by atoms with Gasteiger partial charge >= 0.3 is 6.09 Å². The second-order valence-corrected chi connectivity index (χ2v) is 11.1.